The zero-order valence-corrected chi connectivity index (χ0v) is 18.6. The van der Waals surface area contributed by atoms with E-state index in [9.17, 15) is 4.79 Å². The van der Waals surface area contributed by atoms with E-state index in [4.69, 9.17) is 22.4 Å². The lowest BCUT2D eigenvalue weighted by Crippen LogP contribution is -2.37. The normalized spacial score (nSPS) is 15.2. The van der Waals surface area contributed by atoms with Crippen LogP contribution in [0.3, 0.4) is 0 Å². The van der Waals surface area contributed by atoms with Gasteiger partial charge in [0.1, 0.15) is 0 Å². The first-order valence-corrected chi connectivity index (χ1v) is 10.6. The number of rotatable bonds is 5. The molecule has 6 heteroatoms. The molecule has 1 atom stereocenters. The fourth-order valence-electron chi connectivity index (χ4n) is 4.27. The molecule has 162 valence electrons. The van der Waals surface area contributed by atoms with Crippen molar-refractivity contribution in [2.45, 2.75) is 18.9 Å². The van der Waals surface area contributed by atoms with Crippen LogP contribution in [0.2, 0.25) is 5.02 Å². The van der Waals surface area contributed by atoms with Crippen molar-refractivity contribution in [2.24, 2.45) is 11.7 Å². The number of nitrogens with two attached hydrogens (primary N) is 1. The summed E-state index contributed by atoms with van der Waals surface area (Å²) in [5.41, 5.74) is 11.6. The second-order valence-corrected chi connectivity index (χ2v) is 8.23. The zero-order chi connectivity index (χ0) is 21.1. The van der Waals surface area contributed by atoms with Crippen LogP contribution in [0.5, 0.6) is 0 Å². The molecule has 0 aromatic heterocycles. The predicted molar refractivity (Wildman–Crippen MR) is 129 cm³/mol. The van der Waals surface area contributed by atoms with Gasteiger partial charge in [0, 0.05) is 29.8 Å². The van der Waals surface area contributed by atoms with Crippen molar-refractivity contribution in [3.05, 3.63) is 88.9 Å². The van der Waals surface area contributed by atoms with Crippen LogP contribution in [0.25, 0.3) is 11.1 Å². The second-order valence-electron chi connectivity index (χ2n) is 7.80. The standard InChI is InChI=1S/C25H25ClN2O2.ClH/c26-20-9-5-17(6-10-20)22-3-1-2-4-23(22)24(27)18-13-15-28(16-14-18)21-11-7-19(8-12-21)25(29)30;/h1-12,18,24H,13-16,27H2,(H,29,30);1H. The van der Waals surface area contributed by atoms with E-state index in [0.717, 1.165) is 47.8 Å². The summed E-state index contributed by atoms with van der Waals surface area (Å²) < 4.78 is 0. The lowest BCUT2D eigenvalue weighted by molar-refractivity contribution is 0.0697. The zero-order valence-electron chi connectivity index (χ0n) is 17.1. The average molecular weight is 457 g/mol. The first-order valence-electron chi connectivity index (χ1n) is 10.2. The molecule has 31 heavy (non-hydrogen) atoms. The molecule has 3 aromatic carbocycles. The summed E-state index contributed by atoms with van der Waals surface area (Å²) in [5, 5.41) is 9.80. The number of nitrogens with zero attached hydrogens (tertiary/aromatic N) is 1. The van der Waals surface area contributed by atoms with Crippen LogP contribution in [-0.4, -0.2) is 24.2 Å². The van der Waals surface area contributed by atoms with Crippen molar-refractivity contribution >= 4 is 35.7 Å². The number of piperidine rings is 1. The summed E-state index contributed by atoms with van der Waals surface area (Å²) in [5.74, 6) is -0.501. The van der Waals surface area contributed by atoms with Crippen LogP contribution in [-0.2, 0) is 0 Å². The van der Waals surface area contributed by atoms with Crippen molar-refractivity contribution in [1.82, 2.24) is 0 Å². The molecule has 3 N–H and O–H groups in total. The molecule has 0 spiro atoms. The van der Waals surface area contributed by atoms with E-state index >= 15 is 0 Å². The summed E-state index contributed by atoms with van der Waals surface area (Å²) >= 11 is 6.05. The number of benzene rings is 3. The van der Waals surface area contributed by atoms with Gasteiger partial charge in [-0.1, -0.05) is 48.0 Å². The molecule has 1 fully saturated rings. The quantitative estimate of drug-likeness (QED) is 0.490. The van der Waals surface area contributed by atoms with Crippen LogP contribution < -0.4 is 10.6 Å². The number of carbonyl (C=O) groups is 1. The van der Waals surface area contributed by atoms with Gasteiger partial charge in [-0.3, -0.25) is 0 Å². The predicted octanol–water partition coefficient (Wildman–Crippen LogP) is 6.04. The molecule has 1 aliphatic rings. The van der Waals surface area contributed by atoms with E-state index in [2.05, 4.69) is 17.0 Å². The Bertz CT molecular complexity index is 1010. The maximum Gasteiger partial charge on any atom is 0.335 e. The Balaban J connectivity index is 0.00000272. The minimum atomic E-state index is -0.898. The molecule has 0 saturated carbocycles. The van der Waals surface area contributed by atoms with Crippen LogP contribution in [0.15, 0.2) is 72.8 Å². The highest BCUT2D eigenvalue weighted by Crippen LogP contribution is 2.36. The van der Waals surface area contributed by atoms with Gasteiger partial charge in [0.25, 0.3) is 0 Å². The first kappa shape index (κ1) is 23.1. The topological polar surface area (TPSA) is 66.6 Å². The number of carboxylic acids is 1. The van der Waals surface area contributed by atoms with Gasteiger partial charge in [0.15, 0.2) is 0 Å². The lowest BCUT2D eigenvalue weighted by atomic mass is 9.83. The Morgan fingerprint density at radius 1 is 0.968 bits per heavy atom. The van der Waals surface area contributed by atoms with Crippen molar-refractivity contribution in [1.29, 1.82) is 0 Å². The summed E-state index contributed by atoms with van der Waals surface area (Å²) in [6.07, 6.45) is 1.99. The third kappa shape index (κ3) is 5.21. The van der Waals surface area contributed by atoms with Gasteiger partial charge in [0.2, 0.25) is 0 Å². The Labute approximate surface area is 194 Å². The van der Waals surface area contributed by atoms with E-state index < -0.39 is 5.97 Å². The minimum Gasteiger partial charge on any atom is -0.478 e. The summed E-state index contributed by atoms with van der Waals surface area (Å²) in [4.78, 5) is 13.4. The van der Waals surface area contributed by atoms with Crippen LogP contribution in [0.1, 0.15) is 34.8 Å². The van der Waals surface area contributed by atoms with Gasteiger partial charge in [-0.05, 0) is 71.8 Å². The number of aromatic carboxylic acids is 1. The maximum atomic E-state index is 11.1. The molecule has 4 nitrogen and oxygen atoms in total. The molecule has 3 aromatic rings. The molecule has 0 amide bonds. The first-order chi connectivity index (χ1) is 14.5. The van der Waals surface area contributed by atoms with E-state index in [1.165, 1.54) is 5.56 Å². The van der Waals surface area contributed by atoms with Crippen LogP contribution in [0.4, 0.5) is 5.69 Å². The Morgan fingerprint density at radius 3 is 2.19 bits per heavy atom. The van der Waals surface area contributed by atoms with Crippen molar-refractivity contribution in [3.63, 3.8) is 0 Å². The number of hydrogen-bond donors (Lipinski definition) is 2. The van der Waals surface area contributed by atoms with E-state index in [0.29, 0.717) is 11.5 Å². The number of carboxylic acid groups (broad SMARTS) is 1. The molecule has 1 heterocycles. The molecular weight excluding hydrogens is 431 g/mol. The van der Waals surface area contributed by atoms with Crippen LogP contribution in [0, 0.1) is 5.92 Å². The van der Waals surface area contributed by atoms with Gasteiger partial charge in [-0.2, -0.15) is 0 Å². The molecule has 4 rings (SSSR count). The Morgan fingerprint density at radius 2 is 1.58 bits per heavy atom. The molecule has 1 aliphatic heterocycles. The van der Waals surface area contributed by atoms with Gasteiger partial charge < -0.3 is 15.7 Å². The molecule has 0 bridgehead atoms. The SMILES string of the molecule is Cl.NC(c1ccccc1-c1ccc(Cl)cc1)C1CCN(c2ccc(C(=O)O)cc2)CC1. The maximum absolute atomic E-state index is 11.1. The van der Waals surface area contributed by atoms with Crippen molar-refractivity contribution in [2.75, 3.05) is 18.0 Å². The smallest absolute Gasteiger partial charge is 0.335 e. The third-order valence-electron chi connectivity index (χ3n) is 6.00. The summed E-state index contributed by atoms with van der Waals surface area (Å²) in [7, 11) is 0. The average Bonchev–Trinajstić information content (AvgIpc) is 2.79. The minimum absolute atomic E-state index is 0. The largest absolute Gasteiger partial charge is 0.478 e. The van der Waals surface area contributed by atoms with Crippen molar-refractivity contribution in [3.8, 4) is 11.1 Å². The molecule has 0 radical (unpaired) electrons. The lowest BCUT2D eigenvalue weighted by Gasteiger charge is -2.36. The molecule has 1 unspecified atom stereocenters. The Kier molecular flexibility index (Phi) is 7.60. The highest BCUT2D eigenvalue weighted by molar-refractivity contribution is 6.30. The molecule has 1 saturated heterocycles. The number of anilines is 1. The fourth-order valence-corrected chi connectivity index (χ4v) is 4.39. The second kappa shape index (κ2) is 10.2. The van der Waals surface area contributed by atoms with Gasteiger partial charge in [0.05, 0.1) is 5.56 Å². The highest BCUT2D eigenvalue weighted by Gasteiger charge is 2.27. The van der Waals surface area contributed by atoms with Crippen LogP contribution >= 0.6 is 24.0 Å². The van der Waals surface area contributed by atoms with Gasteiger partial charge in [-0.15, -0.1) is 12.4 Å². The summed E-state index contributed by atoms with van der Waals surface area (Å²) in [6, 6.07) is 23.3. The van der Waals surface area contributed by atoms with Gasteiger partial charge >= 0.3 is 5.97 Å². The third-order valence-corrected chi connectivity index (χ3v) is 6.25. The summed E-state index contributed by atoms with van der Waals surface area (Å²) in [6.45, 7) is 1.82. The van der Waals surface area contributed by atoms with Crippen molar-refractivity contribution < 1.29 is 9.90 Å². The van der Waals surface area contributed by atoms with E-state index in [1.54, 1.807) is 12.1 Å². The molecular formula is C25H26Cl2N2O2. The Hall–Kier alpha value is -2.53. The number of hydrogen-bond acceptors (Lipinski definition) is 3. The van der Waals surface area contributed by atoms with Gasteiger partial charge in [-0.25, -0.2) is 4.79 Å². The van der Waals surface area contributed by atoms with E-state index in [1.807, 2.05) is 48.5 Å². The highest BCUT2D eigenvalue weighted by atomic mass is 35.5. The fraction of sp³-hybridized carbons (Fsp3) is 0.240. The van der Waals surface area contributed by atoms with E-state index in [-0.39, 0.29) is 18.4 Å². The monoisotopic (exact) mass is 456 g/mol. The number of halogens is 2. The molecule has 0 aliphatic carbocycles.